The Balaban J connectivity index is 1.29. The molecule has 8 nitrogen and oxygen atoms in total. The van der Waals surface area contributed by atoms with E-state index in [1.54, 1.807) is 4.68 Å². The first-order valence-electron chi connectivity index (χ1n) is 9.51. The molecule has 3 aromatic heterocycles. The number of benzene rings is 1. The van der Waals surface area contributed by atoms with E-state index in [2.05, 4.69) is 30.7 Å². The van der Waals surface area contributed by atoms with Gasteiger partial charge in [-0.3, -0.25) is 4.79 Å². The topological polar surface area (TPSA) is 101 Å². The van der Waals surface area contributed by atoms with Crippen molar-refractivity contribution < 1.29 is 4.79 Å². The zero-order valence-electron chi connectivity index (χ0n) is 16.4. The molecule has 3 N–H and O–H groups in total. The molecule has 1 aromatic carbocycles. The van der Waals surface area contributed by atoms with Crippen LogP contribution in [-0.2, 0) is 11.2 Å². The molecule has 0 saturated heterocycles. The van der Waals surface area contributed by atoms with Gasteiger partial charge in [0.25, 0.3) is 0 Å². The van der Waals surface area contributed by atoms with E-state index in [4.69, 9.17) is 0 Å². The minimum absolute atomic E-state index is 0.0115. The van der Waals surface area contributed by atoms with Crippen molar-refractivity contribution in [2.24, 2.45) is 0 Å². The predicted molar refractivity (Wildman–Crippen MR) is 112 cm³/mol. The molecule has 3 heterocycles. The van der Waals surface area contributed by atoms with Crippen molar-refractivity contribution >= 4 is 22.6 Å². The molecule has 0 aliphatic carbocycles. The lowest BCUT2D eigenvalue weighted by molar-refractivity contribution is -0.120. The third-order valence-electron chi connectivity index (χ3n) is 4.66. The molecule has 0 spiro atoms. The lowest BCUT2D eigenvalue weighted by Gasteiger charge is -2.09. The van der Waals surface area contributed by atoms with Gasteiger partial charge in [0.15, 0.2) is 5.82 Å². The van der Waals surface area contributed by atoms with Crippen LogP contribution in [0.4, 0.5) is 5.82 Å². The summed E-state index contributed by atoms with van der Waals surface area (Å²) in [5.41, 5.74) is 3.99. The summed E-state index contributed by atoms with van der Waals surface area (Å²) in [5, 5.41) is 11.7. The van der Waals surface area contributed by atoms with E-state index in [1.807, 2.05) is 56.4 Å². The van der Waals surface area contributed by atoms with Crippen LogP contribution in [-0.4, -0.2) is 43.7 Å². The maximum absolute atomic E-state index is 12.3. The predicted octanol–water partition coefficient (Wildman–Crippen LogP) is 2.53. The lowest BCUT2D eigenvalue weighted by atomic mass is 10.1. The Morgan fingerprint density at radius 3 is 2.83 bits per heavy atom. The highest BCUT2D eigenvalue weighted by Crippen LogP contribution is 2.18. The number of fused-ring (bicyclic) bond motifs is 1. The van der Waals surface area contributed by atoms with Gasteiger partial charge in [-0.05, 0) is 31.5 Å². The molecule has 8 heteroatoms. The van der Waals surface area contributed by atoms with E-state index >= 15 is 0 Å². The smallest absolute Gasteiger partial charge is 0.224 e. The third kappa shape index (κ3) is 4.26. The number of hydrogen-bond acceptors (Lipinski definition) is 5. The number of para-hydroxylation sites is 1. The van der Waals surface area contributed by atoms with Crippen molar-refractivity contribution in [3.63, 3.8) is 0 Å². The number of rotatable bonds is 7. The number of aryl methyl sites for hydroxylation is 2. The Labute approximate surface area is 168 Å². The molecule has 0 atom stereocenters. The molecule has 1 amide bonds. The summed E-state index contributed by atoms with van der Waals surface area (Å²) in [6.45, 7) is 4.99. The molecule has 29 heavy (non-hydrogen) atoms. The largest absolute Gasteiger partial charge is 0.368 e. The van der Waals surface area contributed by atoms with E-state index in [0.29, 0.717) is 31.1 Å². The van der Waals surface area contributed by atoms with Gasteiger partial charge in [0.2, 0.25) is 5.91 Å². The highest BCUT2D eigenvalue weighted by Gasteiger charge is 2.09. The van der Waals surface area contributed by atoms with Crippen LogP contribution < -0.4 is 10.6 Å². The van der Waals surface area contributed by atoms with Crippen LogP contribution in [0.1, 0.15) is 17.0 Å². The second kappa shape index (κ2) is 8.14. The zero-order valence-corrected chi connectivity index (χ0v) is 16.4. The van der Waals surface area contributed by atoms with Gasteiger partial charge in [0, 0.05) is 41.9 Å². The quantitative estimate of drug-likeness (QED) is 0.422. The molecule has 0 bridgehead atoms. The Hall–Kier alpha value is -3.68. The van der Waals surface area contributed by atoms with Crippen molar-refractivity contribution in [2.75, 3.05) is 18.4 Å². The molecule has 0 radical (unpaired) electrons. The standard InChI is InChI=1S/C21H23N7O/c1-14-9-15(2)28(27-14)20-11-19(25-13-26-20)22-7-8-23-21(29)10-16-12-24-18-6-4-3-5-17(16)18/h3-6,9,11-13,24H,7-8,10H2,1-2H3,(H,23,29)(H,22,25,26). The van der Waals surface area contributed by atoms with Crippen molar-refractivity contribution in [2.45, 2.75) is 20.3 Å². The molecular formula is C21H23N7O. The number of anilines is 1. The number of amides is 1. The molecule has 0 aliphatic heterocycles. The summed E-state index contributed by atoms with van der Waals surface area (Å²) >= 11 is 0. The fourth-order valence-corrected chi connectivity index (χ4v) is 3.33. The number of hydrogen-bond donors (Lipinski definition) is 3. The summed E-state index contributed by atoms with van der Waals surface area (Å²) in [5.74, 6) is 1.38. The molecule has 148 valence electrons. The second-order valence-electron chi connectivity index (χ2n) is 6.91. The van der Waals surface area contributed by atoms with Crippen molar-refractivity contribution in [3.8, 4) is 5.82 Å². The Kier molecular flexibility index (Phi) is 5.24. The van der Waals surface area contributed by atoms with Crippen LogP contribution in [0.5, 0.6) is 0 Å². The number of nitrogens with one attached hydrogen (secondary N) is 3. The monoisotopic (exact) mass is 389 g/mol. The summed E-state index contributed by atoms with van der Waals surface area (Å²) in [6, 6.07) is 11.8. The summed E-state index contributed by atoms with van der Waals surface area (Å²) in [6.07, 6.45) is 3.74. The molecule has 0 saturated carbocycles. The number of aromatic nitrogens is 5. The van der Waals surface area contributed by atoms with Crippen LogP contribution in [0.2, 0.25) is 0 Å². The minimum atomic E-state index is -0.0115. The average molecular weight is 389 g/mol. The van der Waals surface area contributed by atoms with Crippen molar-refractivity contribution in [1.82, 2.24) is 30.0 Å². The number of carbonyl (C=O) groups excluding carboxylic acids is 1. The Morgan fingerprint density at radius 2 is 2.00 bits per heavy atom. The van der Waals surface area contributed by atoms with Crippen molar-refractivity contribution in [3.05, 3.63) is 65.9 Å². The summed E-state index contributed by atoms with van der Waals surface area (Å²) < 4.78 is 1.78. The molecule has 4 rings (SSSR count). The van der Waals surface area contributed by atoms with E-state index in [0.717, 1.165) is 27.9 Å². The van der Waals surface area contributed by atoms with Gasteiger partial charge in [0.1, 0.15) is 12.1 Å². The maximum Gasteiger partial charge on any atom is 0.224 e. The Morgan fingerprint density at radius 1 is 1.14 bits per heavy atom. The SMILES string of the molecule is Cc1cc(C)n(-c2cc(NCCNC(=O)Cc3c[nH]c4ccccc34)ncn2)n1. The van der Waals surface area contributed by atoms with Crippen LogP contribution >= 0.6 is 0 Å². The molecule has 0 fully saturated rings. The number of H-pyrrole nitrogens is 1. The van der Waals surface area contributed by atoms with Gasteiger partial charge >= 0.3 is 0 Å². The second-order valence-corrected chi connectivity index (χ2v) is 6.91. The summed E-state index contributed by atoms with van der Waals surface area (Å²) in [7, 11) is 0. The Bertz CT molecular complexity index is 1140. The fraction of sp³-hybridized carbons (Fsp3) is 0.238. The van der Waals surface area contributed by atoms with E-state index in [1.165, 1.54) is 6.33 Å². The van der Waals surface area contributed by atoms with Crippen molar-refractivity contribution in [1.29, 1.82) is 0 Å². The van der Waals surface area contributed by atoms with Crippen LogP contribution in [0.3, 0.4) is 0 Å². The van der Waals surface area contributed by atoms with E-state index in [9.17, 15) is 4.79 Å². The van der Waals surface area contributed by atoms with Gasteiger partial charge in [-0.25, -0.2) is 14.6 Å². The zero-order chi connectivity index (χ0) is 20.2. The number of nitrogens with zero attached hydrogens (tertiary/aromatic N) is 4. The highest BCUT2D eigenvalue weighted by atomic mass is 16.1. The number of aromatic amines is 1. The number of carbonyl (C=O) groups is 1. The van der Waals surface area contributed by atoms with Gasteiger partial charge in [-0.15, -0.1) is 0 Å². The van der Waals surface area contributed by atoms with Gasteiger partial charge in [0.05, 0.1) is 12.1 Å². The molecule has 4 aromatic rings. The summed E-state index contributed by atoms with van der Waals surface area (Å²) in [4.78, 5) is 24.0. The minimum Gasteiger partial charge on any atom is -0.368 e. The van der Waals surface area contributed by atoms with Crippen LogP contribution in [0, 0.1) is 13.8 Å². The normalized spacial score (nSPS) is 11.0. The molecule has 0 unspecified atom stereocenters. The van der Waals surface area contributed by atoms with E-state index in [-0.39, 0.29) is 5.91 Å². The average Bonchev–Trinajstić information content (AvgIpc) is 3.28. The molecular weight excluding hydrogens is 366 g/mol. The third-order valence-corrected chi connectivity index (χ3v) is 4.66. The first-order chi connectivity index (χ1) is 14.1. The fourth-order valence-electron chi connectivity index (χ4n) is 3.33. The van der Waals surface area contributed by atoms with E-state index < -0.39 is 0 Å². The first-order valence-corrected chi connectivity index (χ1v) is 9.51. The molecule has 0 aliphatic rings. The van der Waals surface area contributed by atoms with Gasteiger partial charge in [-0.2, -0.15) is 5.10 Å². The van der Waals surface area contributed by atoms with Crippen LogP contribution in [0.15, 0.2) is 48.9 Å². The highest BCUT2D eigenvalue weighted by molar-refractivity contribution is 5.88. The lowest BCUT2D eigenvalue weighted by Crippen LogP contribution is -2.30. The van der Waals surface area contributed by atoms with Crippen LogP contribution in [0.25, 0.3) is 16.7 Å². The van der Waals surface area contributed by atoms with Gasteiger partial charge < -0.3 is 15.6 Å². The van der Waals surface area contributed by atoms with Gasteiger partial charge in [-0.1, -0.05) is 18.2 Å². The first kappa shape index (κ1) is 18.7. The maximum atomic E-state index is 12.3.